The summed E-state index contributed by atoms with van der Waals surface area (Å²) in [7, 11) is 0. The van der Waals surface area contributed by atoms with E-state index in [1.165, 1.54) is 4.90 Å². The fourth-order valence-electron chi connectivity index (χ4n) is 2.71. The second-order valence-corrected chi connectivity index (χ2v) is 5.69. The Bertz CT molecular complexity index is 700. The predicted octanol–water partition coefficient (Wildman–Crippen LogP) is 1.32. The lowest BCUT2D eigenvalue weighted by molar-refractivity contribution is 0.0759. The summed E-state index contributed by atoms with van der Waals surface area (Å²) >= 11 is 0. The monoisotopic (exact) mass is 326 g/mol. The highest BCUT2D eigenvalue weighted by Crippen LogP contribution is 2.24. The van der Waals surface area contributed by atoms with E-state index in [-0.39, 0.29) is 18.2 Å². The Morgan fingerprint density at radius 2 is 2.30 bits per heavy atom. The van der Waals surface area contributed by atoms with Gasteiger partial charge in [0, 0.05) is 31.5 Å². The highest BCUT2D eigenvalue weighted by atomic mass is 19.3. The minimum atomic E-state index is -2.71. The first-order chi connectivity index (χ1) is 10.9. The average Bonchev–Trinajstić information content (AvgIpc) is 3.20. The van der Waals surface area contributed by atoms with E-state index >= 15 is 0 Å². The smallest absolute Gasteiger partial charge is 0.279 e. The number of aliphatic hydroxyl groups is 1. The number of nitrogens with one attached hydrogen (secondary N) is 1. The number of rotatable bonds is 4. The number of alkyl halides is 2. The number of hydrogen-bond donors (Lipinski definition) is 2. The lowest BCUT2D eigenvalue weighted by Gasteiger charge is -2.14. The molecule has 0 spiro atoms. The van der Waals surface area contributed by atoms with Crippen LogP contribution in [-0.4, -0.2) is 50.5 Å². The maximum Gasteiger partial charge on any atom is 0.279 e. The molecule has 9 heteroatoms. The number of carbonyl (C=O) groups excluding carboxylic acids is 1. The lowest BCUT2D eigenvalue weighted by Crippen LogP contribution is -2.29. The normalized spacial score (nSPS) is 21.3. The molecule has 7 nitrogen and oxygen atoms in total. The Kier molecular flexibility index (Phi) is 4.12. The Hall–Kier alpha value is -2.29. The van der Waals surface area contributed by atoms with Gasteiger partial charge in [0.15, 0.2) is 5.69 Å². The molecule has 2 N–H and O–H groups in total. The van der Waals surface area contributed by atoms with Crippen LogP contribution in [0.15, 0.2) is 16.7 Å². The zero-order valence-electron chi connectivity index (χ0n) is 12.4. The van der Waals surface area contributed by atoms with E-state index in [4.69, 9.17) is 4.52 Å². The van der Waals surface area contributed by atoms with Gasteiger partial charge in [-0.1, -0.05) is 5.16 Å². The number of hydrogen-bond acceptors (Lipinski definition) is 5. The number of nitrogens with zero attached hydrogens (tertiary/aromatic N) is 3. The number of aromatic amines is 1. The summed E-state index contributed by atoms with van der Waals surface area (Å²) < 4.78 is 30.2. The molecule has 0 saturated carbocycles. The van der Waals surface area contributed by atoms with Crippen LogP contribution in [0.2, 0.25) is 0 Å². The van der Waals surface area contributed by atoms with E-state index in [1.54, 1.807) is 13.0 Å². The number of aliphatic hydroxyl groups excluding tert-OH is 1. The van der Waals surface area contributed by atoms with Gasteiger partial charge in [0.2, 0.25) is 0 Å². The SMILES string of the molecule is Cc1cc(C[C@@H]2CN(C(=O)c3cc(C(F)F)[nH]n3)C[C@H]2O)on1. The van der Waals surface area contributed by atoms with E-state index < -0.39 is 24.1 Å². The first-order valence-corrected chi connectivity index (χ1v) is 7.17. The fraction of sp³-hybridized carbons (Fsp3) is 0.500. The molecule has 0 radical (unpaired) electrons. The molecule has 0 aliphatic carbocycles. The second-order valence-electron chi connectivity index (χ2n) is 5.69. The number of halogens is 2. The Morgan fingerprint density at radius 3 is 2.91 bits per heavy atom. The molecule has 0 unspecified atom stereocenters. The molecular weight excluding hydrogens is 310 g/mol. The van der Waals surface area contributed by atoms with Gasteiger partial charge in [-0.25, -0.2) is 8.78 Å². The van der Waals surface area contributed by atoms with Gasteiger partial charge in [-0.05, 0) is 13.0 Å². The van der Waals surface area contributed by atoms with Crippen molar-refractivity contribution in [3.8, 4) is 0 Å². The number of β-amino-alcohol motifs (C(OH)–C–C–N with tert-alkyl or cyclic N) is 1. The molecule has 23 heavy (non-hydrogen) atoms. The van der Waals surface area contributed by atoms with Gasteiger partial charge in [-0.3, -0.25) is 9.89 Å². The summed E-state index contributed by atoms with van der Waals surface area (Å²) in [5.41, 5.74) is 0.266. The standard InChI is InChI=1S/C14H16F2N4O3/c1-7-2-9(23-19-7)3-8-5-20(6-12(8)21)14(22)11-4-10(13(15)16)17-18-11/h2,4,8,12-13,21H,3,5-6H2,1H3,(H,17,18)/t8-,12-/m1/s1. The molecule has 1 fully saturated rings. The molecule has 1 amide bonds. The van der Waals surface area contributed by atoms with Gasteiger partial charge < -0.3 is 14.5 Å². The zero-order chi connectivity index (χ0) is 16.6. The van der Waals surface area contributed by atoms with Crippen molar-refractivity contribution in [1.82, 2.24) is 20.3 Å². The molecule has 3 rings (SSSR count). The zero-order valence-corrected chi connectivity index (χ0v) is 12.4. The number of aryl methyl sites for hydroxylation is 1. The van der Waals surface area contributed by atoms with E-state index in [0.29, 0.717) is 18.7 Å². The number of aromatic nitrogens is 3. The molecular formula is C14H16F2N4O3. The molecule has 0 bridgehead atoms. The van der Waals surface area contributed by atoms with Crippen molar-refractivity contribution in [3.63, 3.8) is 0 Å². The first-order valence-electron chi connectivity index (χ1n) is 7.17. The summed E-state index contributed by atoms with van der Waals surface area (Å²) in [4.78, 5) is 13.7. The third kappa shape index (κ3) is 3.24. The Morgan fingerprint density at radius 1 is 1.52 bits per heavy atom. The van der Waals surface area contributed by atoms with Crippen LogP contribution in [-0.2, 0) is 6.42 Å². The number of carbonyl (C=O) groups is 1. The predicted molar refractivity (Wildman–Crippen MR) is 73.9 cm³/mol. The Balaban J connectivity index is 1.66. The molecule has 1 aliphatic rings. The average molecular weight is 326 g/mol. The van der Waals surface area contributed by atoms with Crippen LogP contribution >= 0.6 is 0 Å². The van der Waals surface area contributed by atoms with E-state index in [9.17, 15) is 18.7 Å². The van der Waals surface area contributed by atoms with Crippen molar-refractivity contribution in [1.29, 1.82) is 0 Å². The van der Waals surface area contributed by atoms with E-state index in [2.05, 4.69) is 15.4 Å². The third-order valence-electron chi connectivity index (χ3n) is 3.89. The topological polar surface area (TPSA) is 95.2 Å². The van der Waals surface area contributed by atoms with Crippen molar-refractivity contribution < 1.29 is 23.2 Å². The Labute approximate surface area is 130 Å². The van der Waals surface area contributed by atoms with Crippen molar-refractivity contribution in [2.45, 2.75) is 25.9 Å². The van der Waals surface area contributed by atoms with Crippen LogP contribution in [0.4, 0.5) is 8.78 Å². The maximum absolute atomic E-state index is 12.5. The van der Waals surface area contributed by atoms with Gasteiger partial charge in [0.05, 0.1) is 11.8 Å². The largest absolute Gasteiger partial charge is 0.391 e. The van der Waals surface area contributed by atoms with E-state index in [0.717, 1.165) is 11.8 Å². The molecule has 1 saturated heterocycles. The van der Waals surface area contributed by atoms with Gasteiger partial charge in [-0.15, -0.1) is 0 Å². The van der Waals surface area contributed by atoms with Crippen LogP contribution in [0.1, 0.15) is 34.1 Å². The maximum atomic E-state index is 12.5. The number of likely N-dealkylation sites (tertiary alicyclic amines) is 1. The molecule has 1 aliphatic heterocycles. The number of amides is 1. The van der Waals surface area contributed by atoms with Crippen molar-refractivity contribution in [2.75, 3.05) is 13.1 Å². The third-order valence-corrected chi connectivity index (χ3v) is 3.89. The minimum Gasteiger partial charge on any atom is -0.391 e. The van der Waals surface area contributed by atoms with Crippen LogP contribution in [0.25, 0.3) is 0 Å². The van der Waals surface area contributed by atoms with Crippen LogP contribution in [0, 0.1) is 12.8 Å². The quantitative estimate of drug-likeness (QED) is 0.883. The highest BCUT2D eigenvalue weighted by molar-refractivity contribution is 5.92. The second kappa shape index (κ2) is 6.07. The fourth-order valence-corrected chi connectivity index (χ4v) is 2.71. The van der Waals surface area contributed by atoms with Gasteiger partial charge in [0.1, 0.15) is 11.5 Å². The molecule has 3 heterocycles. The van der Waals surface area contributed by atoms with Crippen molar-refractivity contribution in [2.24, 2.45) is 5.92 Å². The molecule has 0 aromatic carbocycles. The highest BCUT2D eigenvalue weighted by Gasteiger charge is 2.36. The minimum absolute atomic E-state index is 0.0799. The van der Waals surface area contributed by atoms with Crippen molar-refractivity contribution in [3.05, 3.63) is 35.0 Å². The van der Waals surface area contributed by atoms with Crippen LogP contribution in [0.5, 0.6) is 0 Å². The van der Waals surface area contributed by atoms with Crippen molar-refractivity contribution >= 4 is 5.91 Å². The molecule has 2 atom stereocenters. The van der Waals surface area contributed by atoms with Gasteiger partial charge in [0.25, 0.3) is 12.3 Å². The van der Waals surface area contributed by atoms with Gasteiger partial charge in [-0.2, -0.15) is 5.10 Å². The molecule has 2 aromatic heterocycles. The van der Waals surface area contributed by atoms with Crippen LogP contribution < -0.4 is 0 Å². The number of H-pyrrole nitrogens is 1. The summed E-state index contributed by atoms with van der Waals surface area (Å²) in [6.07, 6.45) is -2.97. The molecule has 2 aromatic rings. The van der Waals surface area contributed by atoms with Gasteiger partial charge >= 0.3 is 0 Å². The summed E-state index contributed by atoms with van der Waals surface area (Å²) in [6, 6.07) is 2.81. The van der Waals surface area contributed by atoms with Crippen LogP contribution in [0.3, 0.4) is 0 Å². The summed E-state index contributed by atoms with van der Waals surface area (Å²) in [5, 5.41) is 19.6. The lowest BCUT2D eigenvalue weighted by atomic mass is 10.0. The van der Waals surface area contributed by atoms with E-state index in [1.807, 2.05) is 0 Å². The molecule has 124 valence electrons. The summed E-state index contributed by atoms with van der Waals surface area (Å²) in [5.74, 6) is -0.0381. The first kappa shape index (κ1) is 15.6. The summed E-state index contributed by atoms with van der Waals surface area (Å²) in [6.45, 7) is 2.23.